The summed E-state index contributed by atoms with van der Waals surface area (Å²) in [6, 6.07) is 5.27. The molecule has 5 nitrogen and oxygen atoms in total. The van der Waals surface area contributed by atoms with Gasteiger partial charge in [-0.05, 0) is 37.5 Å². The molecule has 0 aliphatic rings. The zero-order valence-electron chi connectivity index (χ0n) is 13.2. The number of ether oxygens (including phenoxy) is 1. The van der Waals surface area contributed by atoms with Gasteiger partial charge in [0.2, 0.25) is 0 Å². The van der Waals surface area contributed by atoms with E-state index in [0.717, 1.165) is 31.9 Å². The molecule has 0 aromatic heterocycles. The number of hydrogen-bond donors (Lipinski definition) is 3. The van der Waals surface area contributed by atoms with Crippen LogP contribution in [0.15, 0.2) is 18.2 Å². The molecule has 118 valence electrons. The number of benzene rings is 1. The summed E-state index contributed by atoms with van der Waals surface area (Å²) < 4.78 is 5.52. The molecule has 1 rings (SSSR count). The molecule has 0 aliphatic carbocycles. The first-order valence-electron chi connectivity index (χ1n) is 7.54. The first-order valence-corrected chi connectivity index (χ1v) is 7.54. The molecule has 1 amide bonds. The summed E-state index contributed by atoms with van der Waals surface area (Å²) in [6.45, 7) is 9.04. The van der Waals surface area contributed by atoms with Crippen LogP contribution >= 0.6 is 0 Å². The molecule has 21 heavy (non-hydrogen) atoms. The zero-order chi connectivity index (χ0) is 15.7. The second-order valence-corrected chi connectivity index (χ2v) is 5.41. The van der Waals surface area contributed by atoms with Crippen LogP contribution in [0, 0.1) is 5.92 Å². The monoisotopic (exact) mass is 293 g/mol. The van der Waals surface area contributed by atoms with Gasteiger partial charge in [-0.15, -0.1) is 0 Å². The van der Waals surface area contributed by atoms with Gasteiger partial charge in [0, 0.05) is 31.9 Å². The van der Waals surface area contributed by atoms with Crippen molar-refractivity contribution < 1.29 is 9.53 Å². The lowest BCUT2D eigenvalue weighted by atomic mass is 10.1. The first kappa shape index (κ1) is 17.3. The minimum absolute atomic E-state index is 0.0826. The second-order valence-electron chi connectivity index (χ2n) is 5.41. The highest BCUT2D eigenvalue weighted by atomic mass is 16.5. The third kappa shape index (κ3) is 6.49. The summed E-state index contributed by atoms with van der Waals surface area (Å²) in [7, 11) is 0. The molecule has 0 aliphatic heterocycles. The van der Waals surface area contributed by atoms with Crippen molar-refractivity contribution in [2.45, 2.75) is 27.2 Å². The van der Waals surface area contributed by atoms with Gasteiger partial charge in [0.1, 0.15) is 0 Å². The number of nitrogens with one attached hydrogen (secondary N) is 2. The summed E-state index contributed by atoms with van der Waals surface area (Å²) in [4.78, 5) is 11.8. The van der Waals surface area contributed by atoms with Crippen LogP contribution < -0.4 is 16.4 Å². The van der Waals surface area contributed by atoms with Crippen molar-refractivity contribution in [3.8, 4) is 0 Å². The lowest BCUT2D eigenvalue weighted by Crippen LogP contribution is -2.22. The Balaban J connectivity index is 2.43. The predicted octanol–water partition coefficient (Wildman–Crippen LogP) is 2.49. The number of hydrogen-bond acceptors (Lipinski definition) is 4. The van der Waals surface area contributed by atoms with Crippen LogP contribution in [0.5, 0.6) is 0 Å². The van der Waals surface area contributed by atoms with E-state index >= 15 is 0 Å². The van der Waals surface area contributed by atoms with Crippen LogP contribution in [0.4, 0.5) is 11.4 Å². The second kappa shape index (κ2) is 9.23. The average molecular weight is 293 g/mol. The predicted molar refractivity (Wildman–Crippen MR) is 87.6 cm³/mol. The summed E-state index contributed by atoms with van der Waals surface area (Å²) in [5.74, 6) is 0.475. The van der Waals surface area contributed by atoms with Crippen molar-refractivity contribution in [1.82, 2.24) is 5.32 Å². The normalized spacial score (nSPS) is 10.7. The van der Waals surface area contributed by atoms with Gasteiger partial charge in [0.15, 0.2) is 0 Å². The molecular formula is C16H27N3O2. The molecule has 0 fully saturated rings. The molecule has 0 unspecified atom stereocenters. The van der Waals surface area contributed by atoms with E-state index in [9.17, 15) is 4.79 Å². The smallest absolute Gasteiger partial charge is 0.251 e. The van der Waals surface area contributed by atoms with Gasteiger partial charge in [-0.25, -0.2) is 0 Å². The Bertz CT molecular complexity index is 447. The van der Waals surface area contributed by atoms with Gasteiger partial charge in [0.05, 0.1) is 11.4 Å². The largest absolute Gasteiger partial charge is 0.397 e. The first-order chi connectivity index (χ1) is 10.0. The van der Waals surface area contributed by atoms with Gasteiger partial charge in [0.25, 0.3) is 5.91 Å². The summed E-state index contributed by atoms with van der Waals surface area (Å²) in [5.41, 5.74) is 7.97. The highest BCUT2D eigenvalue weighted by Gasteiger charge is 2.07. The van der Waals surface area contributed by atoms with Crippen molar-refractivity contribution in [3.63, 3.8) is 0 Å². The van der Waals surface area contributed by atoms with Crippen molar-refractivity contribution >= 4 is 17.3 Å². The van der Waals surface area contributed by atoms with Crippen molar-refractivity contribution in [2.24, 2.45) is 5.92 Å². The Morgan fingerprint density at radius 2 is 2.14 bits per heavy atom. The maximum atomic E-state index is 11.8. The van der Waals surface area contributed by atoms with Gasteiger partial charge in [-0.3, -0.25) is 4.79 Å². The van der Waals surface area contributed by atoms with Gasteiger partial charge >= 0.3 is 0 Å². The molecule has 0 atom stereocenters. The standard InChI is InChI=1S/C16H27N3O2/c1-4-18-16(20)13-6-7-14(17)15(10-13)19-8-5-9-21-11-12(2)3/h6-7,10,12,19H,4-5,8-9,11,17H2,1-3H3,(H,18,20). The van der Waals surface area contributed by atoms with E-state index in [0.29, 0.717) is 23.7 Å². The van der Waals surface area contributed by atoms with Gasteiger partial charge < -0.3 is 21.1 Å². The molecule has 0 spiro atoms. The fourth-order valence-electron chi connectivity index (χ4n) is 1.83. The number of carbonyl (C=O) groups excluding carboxylic acids is 1. The summed E-state index contributed by atoms with van der Waals surface area (Å²) in [5, 5.41) is 6.03. The number of anilines is 2. The van der Waals surface area contributed by atoms with E-state index in [1.165, 1.54) is 0 Å². The number of amides is 1. The molecule has 4 N–H and O–H groups in total. The Morgan fingerprint density at radius 1 is 1.38 bits per heavy atom. The average Bonchev–Trinajstić information content (AvgIpc) is 2.44. The van der Waals surface area contributed by atoms with Crippen molar-refractivity contribution in [2.75, 3.05) is 37.4 Å². The fraction of sp³-hybridized carbons (Fsp3) is 0.562. The van der Waals surface area contributed by atoms with Crippen LogP contribution in [-0.4, -0.2) is 32.2 Å². The van der Waals surface area contributed by atoms with Crippen molar-refractivity contribution in [3.05, 3.63) is 23.8 Å². The quantitative estimate of drug-likeness (QED) is 0.483. The Labute approximate surface area is 127 Å². The number of rotatable bonds is 9. The molecule has 0 bridgehead atoms. The maximum Gasteiger partial charge on any atom is 0.251 e. The van der Waals surface area contributed by atoms with Gasteiger partial charge in [-0.1, -0.05) is 13.8 Å². The summed E-state index contributed by atoms with van der Waals surface area (Å²) >= 11 is 0. The number of nitrogen functional groups attached to an aromatic ring is 1. The SMILES string of the molecule is CCNC(=O)c1ccc(N)c(NCCCOCC(C)C)c1. The minimum Gasteiger partial charge on any atom is -0.397 e. The van der Waals surface area contributed by atoms with Crippen LogP contribution in [0.1, 0.15) is 37.6 Å². The van der Waals surface area contributed by atoms with E-state index in [4.69, 9.17) is 10.5 Å². The molecule has 5 heteroatoms. The van der Waals surface area contributed by atoms with E-state index < -0.39 is 0 Å². The van der Waals surface area contributed by atoms with E-state index in [2.05, 4.69) is 24.5 Å². The molecule has 1 aromatic rings. The molecule has 0 radical (unpaired) electrons. The highest BCUT2D eigenvalue weighted by molar-refractivity contribution is 5.96. The number of carbonyl (C=O) groups is 1. The van der Waals surface area contributed by atoms with Crippen LogP contribution in [0.3, 0.4) is 0 Å². The Hall–Kier alpha value is -1.75. The lowest BCUT2D eigenvalue weighted by molar-refractivity contribution is 0.0956. The minimum atomic E-state index is -0.0826. The molecule has 1 aromatic carbocycles. The van der Waals surface area contributed by atoms with Gasteiger partial charge in [-0.2, -0.15) is 0 Å². The maximum absolute atomic E-state index is 11.8. The third-order valence-electron chi connectivity index (χ3n) is 2.88. The Morgan fingerprint density at radius 3 is 2.81 bits per heavy atom. The zero-order valence-corrected chi connectivity index (χ0v) is 13.2. The third-order valence-corrected chi connectivity index (χ3v) is 2.88. The fourth-order valence-corrected chi connectivity index (χ4v) is 1.83. The van der Waals surface area contributed by atoms with E-state index in [1.807, 2.05) is 6.92 Å². The highest BCUT2D eigenvalue weighted by Crippen LogP contribution is 2.20. The number of nitrogens with two attached hydrogens (primary N) is 1. The van der Waals surface area contributed by atoms with E-state index in [-0.39, 0.29) is 5.91 Å². The van der Waals surface area contributed by atoms with Crippen LogP contribution in [0.25, 0.3) is 0 Å². The molecular weight excluding hydrogens is 266 g/mol. The van der Waals surface area contributed by atoms with Crippen LogP contribution in [-0.2, 0) is 4.74 Å². The summed E-state index contributed by atoms with van der Waals surface area (Å²) in [6.07, 6.45) is 0.900. The van der Waals surface area contributed by atoms with Crippen molar-refractivity contribution in [1.29, 1.82) is 0 Å². The molecule has 0 heterocycles. The topological polar surface area (TPSA) is 76.4 Å². The lowest BCUT2D eigenvalue weighted by Gasteiger charge is -2.12. The van der Waals surface area contributed by atoms with Crippen LogP contribution in [0.2, 0.25) is 0 Å². The molecule has 0 saturated heterocycles. The Kier molecular flexibility index (Phi) is 7.61. The van der Waals surface area contributed by atoms with E-state index in [1.54, 1.807) is 18.2 Å². The molecule has 0 saturated carbocycles.